The summed E-state index contributed by atoms with van der Waals surface area (Å²) >= 11 is 0. The SMILES string of the molecule is CCCCCC(CN)N1CCCC1. The van der Waals surface area contributed by atoms with E-state index in [-0.39, 0.29) is 0 Å². The number of likely N-dealkylation sites (tertiary alicyclic amines) is 1. The van der Waals surface area contributed by atoms with Crippen molar-refractivity contribution in [2.45, 2.75) is 51.5 Å². The molecule has 0 saturated carbocycles. The van der Waals surface area contributed by atoms with E-state index in [0.717, 1.165) is 6.54 Å². The van der Waals surface area contributed by atoms with Gasteiger partial charge in [0.05, 0.1) is 0 Å². The van der Waals surface area contributed by atoms with Gasteiger partial charge in [0.15, 0.2) is 0 Å². The lowest BCUT2D eigenvalue weighted by molar-refractivity contribution is 0.231. The summed E-state index contributed by atoms with van der Waals surface area (Å²) in [6.07, 6.45) is 8.11. The van der Waals surface area contributed by atoms with E-state index < -0.39 is 0 Å². The quantitative estimate of drug-likeness (QED) is 0.640. The van der Waals surface area contributed by atoms with E-state index in [9.17, 15) is 0 Å². The molecule has 13 heavy (non-hydrogen) atoms. The average Bonchev–Trinajstić information content (AvgIpc) is 2.65. The standard InChI is InChI=1S/C11H24N2/c1-2-3-4-7-11(10-12)13-8-5-6-9-13/h11H,2-10,12H2,1H3. The van der Waals surface area contributed by atoms with Crippen molar-refractivity contribution in [1.82, 2.24) is 4.90 Å². The summed E-state index contributed by atoms with van der Waals surface area (Å²) in [4.78, 5) is 2.58. The second-order valence-corrected chi connectivity index (χ2v) is 4.13. The molecule has 1 fully saturated rings. The molecule has 0 radical (unpaired) electrons. The van der Waals surface area contributed by atoms with Crippen LogP contribution in [0, 0.1) is 0 Å². The minimum atomic E-state index is 0.675. The minimum absolute atomic E-state index is 0.675. The summed E-state index contributed by atoms with van der Waals surface area (Å²) in [6, 6.07) is 0.675. The Morgan fingerprint density at radius 2 is 1.92 bits per heavy atom. The lowest BCUT2D eigenvalue weighted by Gasteiger charge is -2.26. The van der Waals surface area contributed by atoms with Crippen LogP contribution in [-0.4, -0.2) is 30.6 Å². The van der Waals surface area contributed by atoms with Crippen LogP contribution in [0.2, 0.25) is 0 Å². The van der Waals surface area contributed by atoms with Gasteiger partial charge in [-0.25, -0.2) is 0 Å². The first kappa shape index (κ1) is 11.0. The molecule has 1 rings (SSSR count). The van der Waals surface area contributed by atoms with E-state index in [1.54, 1.807) is 0 Å². The normalized spacial score (nSPS) is 20.8. The van der Waals surface area contributed by atoms with Crippen molar-refractivity contribution in [1.29, 1.82) is 0 Å². The number of nitrogens with zero attached hydrogens (tertiary/aromatic N) is 1. The molecule has 0 aliphatic carbocycles. The average molecular weight is 184 g/mol. The van der Waals surface area contributed by atoms with Crippen molar-refractivity contribution in [3.05, 3.63) is 0 Å². The van der Waals surface area contributed by atoms with Crippen molar-refractivity contribution in [2.75, 3.05) is 19.6 Å². The van der Waals surface area contributed by atoms with Gasteiger partial charge in [0.25, 0.3) is 0 Å². The molecule has 1 saturated heterocycles. The van der Waals surface area contributed by atoms with Gasteiger partial charge in [0.1, 0.15) is 0 Å². The van der Waals surface area contributed by atoms with Crippen LogP contribution in [-0.2, 0) is 0 Å². The first-order chi connectivity index (χ1) is 6.38. The van der Waals surface area contributed by atoms with E-state index in [1.165, 1.54) is 51.6 Å². The third kappa shape index (κ3) is 3.65. The number of nitrogens with two attached hydrogens (primary N) is 1. The zero-order valence-corrected chi connectivity index (χ0v) is 8.97. The first-order valence-corrected chi connectivity index (χ1v) is 5.82. The molecule has 78 valence electrons. The van der Waals surface area contributed by atoms with Gasteiger partial charge in [-0.1, -0.05) is 26.2 Å². The van der Waals surface area contributed by atoms with Gasteiger partial charge >= 0.3 is 0 Å². The highest BCUT2D eigenvalue weighted by atomic mass is 15.2. The summed E-state index contributed by atoms with van der Waals surface area (Å²) in [5.74, 6) is 0. The maximum Gasteiger partial charge on any atom is 0.0218 e. The van der Waals surface area contributed by atoms with E-state index >= 15 is 0 Å². The van der Waals surface area contributed by atoms with E-state index in [2.05, 4.69) is 11.8 Å². The van der Waals surface area contributed by atoms with E-state index in [0.29, 0.717) is 6.04 Å². The van der Waals surface area contributed by atoms with Gasteiger partial charge in [0.2, 0.25) is 0 Å². The topological polar surface area (TPSA) is 29.3 Å². The zero-order chi connectivity index (χ0) is 9.52. The Labute approximate surface area is 82.5 Å². The molecule has 1 aliphatic rings. The van der Waals surface area contributed by atoms with E-state index in [4.69, 9.17) is 5.73 Å². The number of hydrogen-bond acceptors (Lipinski definition) is 2. The number of unbranched alkanes of at least 4 members (excludes halogenated alkanes) is 2. The predicted octanol–water partition coefficient (Wildman–Crippen LogP) is 1.99. The second kappa shape index (κ2) is 6.39. The van der Waals surface area contributed by atoms with Crippen LogP contribution in [0.1, 0.15) is 45.4 Å². The molecule has 0 aromatic carbocycles. The molecule has 0 spiro atoms. The zero-order valence-electron chi connectivity index (χ0n) is 8.97. The van der Waals surface area contributed by atoms with Crippen LogP contribution in [0.25, 0.3) is 0 Å². The van der Waals surface area contributed by atoms with Crippen LogP contribution in [0.4, 0.5) is 0 Å². The summed E-state index contributed by atoms with van der Waals surface area (Å²) in [7, 11) is 0. The highest BCUT2D eigenvalue weighted by Gasteiger charge is 2.19. The van der Waals surface area contributed by atoms with Crippen molar-refractivity contribution in [3.63, 3.8) is 0 Å². The molecule has 0 aromatic heterocycles. The molecular formula is C11H24N2. The van der Waals surface area contributed by atoms with Gasteiger partial charge < -0.3 is 5.73 Å². The summed E-state index contributed by atoms with van der Waals surface area (Å²) in [5.41, 5.74) is 5.79. The molecule has 2 N–H and O–H groups in total. The highest BCUT2D eigenvalue weighted by Crippen LogP contribution is 2.15. The maximum absolute atomic E-state index is 5.79. The molecule has 2 nitrogen and oxygen atoms in total. The van der Waals surface area contributed by atoms with Gasteiger partial charge in [-0.2, -0.15) is 0 Å². The summed E-state index contributed by atoms with van der Waals surface area (Å²) < 4.78 is 0. The van der Waals surface area contributed by atoms with Gasteiger partial charge in [0, 0.05) is 12.6 Å². The number of rotatable bonds is 6. The Morgan fingerprint density at radius 3 is 2.46 bits per heavy atom. The maximum atomic E-state index is 5.79. The van der Waals surface area contributed by atoms with Crippen LogP contribution in [0.3, 0.4) is 0 Å². The molecule has 0 bridgehead atoms. The molecule has 1 unspecified atom stereocenters. The van der Waals surface area contributed by atoms with Gasteiger partial charge in [-0.3, -0.25) is 4.90 Å². The summed E-state index contributed by atoms with van der Waals surface area (Å²) in [5, 5.41) is 0. The van der Waals surface area contributed by atoms with Crippen molar-refractivity contribution >= 4 is 0 Å². The first-order valence-electron chi connectivity index (χ1n) is 5.82. The predicted molar refractivity (Wildman–Crippen MR) is 57.8 cm³/mol. The molecule has 0 aromatic rings. The fraction of sp³-hybridized carbons (Fsp3) is 1.00. The van der Waals surface area contributed by atoms with Crippen molar-refractivity contribution in [2.24, 2.45) is 5.73 Å². The Balaban J connectivity index is 2.16. The monoisotopic (exact) mass is 184 g/mol. The minimum Gasteiger partial charge on any atom is -0.329 e. The third-order valence-electron chi connectivity index (χ3n) is 3.07. The van der Waals surface area contributed by atoms with Crippen LogP contribution in [0.5, 0.6) is 0 Å². The Morgan fingerprint density at radius 1 is 1.23 bits per heavy atom. The molecule has 2 heteroatoms. The highest BCUT2D eigenvalue weighted by molar-refractivity contribution is 4.76. The van der Waals surface area contributed by atoms with Crippen LogP contribution in [0.15, 0.2) is 0 Å². The van der Waals surface area contributed by atoms with Crippen molar-refractivity contribution in [3.8, 4) is 0 Å². The number of hydrogen-bond donors (Lipinski definition) is 1. The Kier molecular flexibility index (Phi) is 5.40. The lowest BCUT2D eigenvalue weighted by Crippen LogP contribution is -2.38. The third-order valence-corrected chi connectivity index (χ3v) is 3.07. The van der Waals surface area contributed by atoms with Crippen LogP contribution < -0.4 is 5.73 Å². The Hall–Kier alpha value is -0.0800. The molecule has 1 heterocycles. The second-order valence-electron chi connectivity index (χ2n) is 4.13. The largest absolute Gasteiger partial charge is 0.329 e. The summed E-state index contributed by atoms with van der Waals surface area (Å²) in [6.45, 7) is 5.68. The van der Waals surface area contributed by atoms with Gasteiger partial charge in [-0.15, -0.1) is 0 Å². The Bertz CT molecular complexity index is 119. The lowest BCUT2D eigenvalue weighted by atomic mass is 10.1. The molecular weight excluding hydrogens is 160 g/mol. The smallest absolute Gasteiger partial charge is 0.0218 e. The molecule has 1 atom stereocenters. The fourth-order valence-electron chi connectivity index (χ4n) is 2.19. The van der Waals surface area contributed by atoms with E-state index in [1.807, 2.05) is 0 Å². The fourth-order valence-corrected chi connectivity index (χ4v) is 2.19. The molecule has 1 aliphatic heterocycles. The molecule has 0 amide bonds. The van der Waals surface area contributed by atoms with Crippen LogP contribution >= 0.6 is 0 Å². The van der Waals surface area contributed by atoms with Crippen molar-refractivity contribution < 1.29 is 0 Å². The van der Waals surface area contributed by atoms with Gasteiger partial charge in [-0.05, 0) is 32.4 Å².